The van der Waals surface area contributed by atoms with Gasteiger partial charge in [0.2, 0.25) is 0 Å². The van der Waals surface area contributed by atoms with Crippen LogP contribution < -0.4 is 10.1 Å². The van der Waals surface area contributed by atoms with E-state index in [9.17, 15) is 8.78 Å². The summed E-state index contributed by atoms with van der Waals surface area (Å²) >= 11 is 0. The van der Waals surface area contributed by atoms with Crippen LogP contribution in [0.1, 0.15) is 24.9 Å². The second kappa shape index (κ2) is 6.48. The van der Waals surface area contributed by atoms with Crippen molar-refractivity contribution >= 4 is 0 Å². The molecular formula is C16H17F2NO. The first-order chi connectivity index (χ1) is 9.63. The molecule has 0 radical (unpaired) electrons. The molecule has 0 saturated carbocycles. The molecule has 0 bridgehead atoms. The monoisotopic (exact) mass is 277 g/mol. The van der Waals surface area contributed by atoms with Crippen molar-refractivity contribution in [2.75, 3.05) is 7.05 Å². The van der Waals surface area contributed by atoms with E-state index in [-0.39, 0.29) is 11.8 Å². The van der Waals surface area contributed by atoms with Crippen molar-refractivity contribution in [3.05, 3.63) is 59.7 Å². The van der Waals surface area contributed by atoms with Crippen LogP contribution in [0.25, 0.3) is 0 Å². The summed E-state index contributed by atoms with van der Waals surface area (Å²) in [5, 5.41) is 3.19. The van der Waals surface area contributed by atoms with E-state index in [1.807, 2.05) is 25.2 Å². The van der Waals surface area contributed by atoms with Gasteiger partial charge in [-0.15, -0.1) is 0 Å². The SMILES string of the molecule is CCC(NC)c1cccc(Oc2cc(F)ccc2F)c1. The zero-order chi connectivity index (χ0) is 14.5. The van der Waals surface area contributed by atoms with E-state index in [1.165, 1.54) is 0 Å². The Morgan fingerprint density at radius 3 is 2.65 bits per heavy atom. The maximum absolute atomic E-state index is 13.5. The van der Waals surface area contributed by atoms with Crippen molar-refractivity contribution in [3.63, 3.8) is 0 Å². The molecule has 1 unspecified atom stereocenters. The van der Waals surface area contributed by atoms with Gasteiger partial charge in [-0.3, -0.25) is 0 Å². The van der Waals surface area contributed by atoms with Gasteiger partial charge >= 0.3 is 0 Å². The Balaban J connectivity index is 2.25. The van der Waals surface area contributed by atoms with Crippen LogP contribution in [0.4, 0.5) is 8.78 Å². The molecule has 0 amide bonds. The van der Waals surface area contributed by atoms with Gasteiger partial charge in [-0.1, -0.05) is 19.1 Å². The van der Waals surface area contributed by atoms with Crippen molar-refractivity contribution in [1.29, 1.82) is 0 Å². The molecule has 1 N–H and O–H groups in total. The van der Waals surface area contributed by atoms with Gasteiger partial charge in [-0.2, -0.15) is 0 Å². The molecule has 0 aliphatic carbocycles. The zero-order valence-electron chi connectivity index (χ0n) is 11.5. The quantitative estimate of drug-likeness (QED) is 0.873. The van der Waals surface area contributed by atoms with E-state index < -0.39 is 11.6 Å². The summed E-state index contributed by atoms with van der Waals surface area (Å²) in [6.45, 7) is 2.07. The van der Waals surface area contributed by atoms with Crippen molar-refractivity contribution < 1.29 is 13.5 Å². The molecule has 2 nitrogen and oxygen atoms in total. The molecule has 20 heavy (non-hydrogen) atoms. The number of halogens is 2. The topological polar surface area (TPSA) is 21.3 Å². The smallest absolute Gasteiger partial charge is 0.165 e. The largest absolute Gasteiger partial charge is 0.454 e. The van der Waals surface area contributed by atoms with Crippen molar-refractivity contribution in [2.24, 2.45) is 0 Å². The van der Waals surface area contributed by atoms with Crippen LogP contribution in [0.3, 0.4) is 0 Å². The molecule has 0 aliphatic heterocycles. The summed E-state index contributed by atoms with van der Waals surface area (Å²) in [7, 11) is 1.88. The Kier molecular flexibility index (Phi) is 4.69. The van der Waals surface area contributed by atoms with Crippen molar-refractivity contribution in [2.45, 2.75) is 19.4 Å². The third-order valence-corrected chi connectivity index (χ3v) is 3.14. The highest BCUT2D eigenvalue weighted by atomic mass is 19.1. The lowest BCUT2D eigenvalue weighted by atomic mass is 10.0. The fourth-order valence-electron chi connectivity index (χ4n) is 2.08. The van der Waals surface area contributed by atoms with Gasteiger partial charge in [0.15, 0.2) is 11.6 Å². The van der Waals surface area contributed by atoms with Crippen LogP contribution in [0.5, 0.6) is 11.5 Å². The maximum atomic E-state index is 13.5. The molecule has 0 aromatic heterocycles. The maximum Gasteiger partial charge on any atom is 0.165 e. The fourth-order valence-corrected chi connectivity index (χ4v) is 2.08. The minimum atomic E-state index is -0.586. The Bertz CT molecular complexity index is 582. The van der Waals surface area contributed by atoms with Crippen LogP contribution in [-0.2, 0) is 0 Å². The van der Waals surface area contributed by atoms with Crippen LogP contribution in [0.2, 0.25) is 0 Å². The first-order valence-electron chi connectivity index (χ1n) is 6.54. The predicted molar refractivity (Wildman–Crippen MR) is 75.0 cm³/mol. The van der Waals surface area contributed by atoms with Gasteiger partial charge in [0.1, 0.15) is 11.6 Å². The van der Waals surface area contributed by atoms with Gasteiger partial charge < -0.3 is 10.1 Å². The molecule has 2 aromatic carbocycles. The van der Waals surface area contributed by atoms with Crippen LogP contribution in [0.15, 0.2) is 42.5 Å². The average Bonchev–Trinajstić information content (AvgIpc) is 2.45. The molecule has 4 heteroatoms. The number of nitrogens with one attached hydrogen (secondary N) is 1. The number of hydrogen-bond acceptors (Lipinski definition) is 2. The third kappa shape index (κ3) is 3.33. The lowest BCUT2D eigenvalue weighted by molar-refractivity contribution is 0.435. The Hall–Kier alpha value is -1.94. The highest BCUT2D eigenvalue weighted by Gasteiger charge is 2.10. The van der Waals surface area contributed by atoms with Gasteiger partial charge in [0.25, 0.3) is 0 Å². The molecule has 0 heterocycles. The summed E-state index contributed by atoms with van der Waals surface area (Å²) in [5.41, 5.74) is 1.05. The van der Waals surface area contributed by atoms with Crippen LogP contribution in [-0.4, -0.2) is 7.05 Å². The van der Waals surface area contributed by atoms with Crippen LogP contribution in [0, 0.1) is 11.6 Å². The normalized spacial score (nSPS) is 12.2. The molecule has 106 valence electrons. The second-order valence-electron chi connectivity index (χ2n) is 4.50. The highest BCUT2D eigenvalue weighted by Crippen LogP contribution is 2.27. The second-order valence-corrected chi connectivity index (χ2v) is 4.50. The number of rotatable bonds is 5. The van der Waals surface area contributed by atoms with E-state index in [0.29, 0.717) is 5.75 Å². The molecule has 0 aliphatic rings. The van der Waals surface area contributed by atoms with E-state index in [4.69, 9.17) is 4.74 Å². The first kappa shape index (κ1) is 14.5. The van der Waals surface area contributed by atoms with Gasteiger partial charge in [0.05, 0.1) is 0 Å². The minimum Gasteiger partial charge on any atom is -0.454 e. The molecule has 0 fully saturated rings. The summed E-state index contributed by atoms with van der Waals surface area (Å²) in [4.78, 5) is 0. The van der Waals surface area contributed by atoms with E-state index in [0.717, 1.165) is 30.2 Å². The molecule has 2 rings (SSSR count). The Morgan fingerprint density at radius 2 is 1.95 bits per heavy atom. The highest BCUT2D eigenvalue weighted by molar-refractivity contribution is 5.36. The molecule has 2 aromatic rings. The number of ether oxygens (including phenoxy) is 1. The Morgan fingerprint density at radius 1 is 1.15 bits per heavy atom. The van der Waals surface area contributed by atoms with Crippen molar-refractivity contribution in [3.8, 4) is 11.5 Å². The molecule has 0 spiro atoms. The van der Waals surface area contributed by atoms with E-state index >= 15 is 0 Å². The average molecular weight is 277 g/mol. The van der Waals surface area contributed by atoms with Gasteiger partial charge in [0, 0.05) is 12.1 Å². The number of hydrogen-bond donors (Lipinski definition) is 1. The fraction of sp³-hybridized carbons (Fsp3) is 0.250. The van der Waals surface area contributed by atoms with E-state index in [2.05, 4.69) is 12.2 Å². The minimum absolute atomic E-state index is 0.111. The van der Waals surface area contributed by atoms with Gasteiger partial charge in [-0.25, -0.2) is 8.78 Å². The lowest BCUT2D eigenvalue weighted by Crippen LogP contribution is -2.14. The van der Waals surface area contributed by atoms with Crippen molar-refractivity contribution in [1.82, 2.24) is 5.32 Å². The summed E-state index contributed by atoms with van der Waals surface area (Å²) < 4.78 is 32.1. The van der Waals surface area contributed by atoms with Crippen LogP contribution >= 0.6 is 0 Å². The van der Waals surface area contributed by atoms with E-state index in [1.54, 1.807) is 6.07 Å². The molecular weight excluding hydrogens is 260 g/mol. The predicted octanol–water partition coefficient (Wildman–Crippen LogP) is 4.43. The summed E-state index contributed by atoms with van der Waals surface area (Å²) in [6.07, 6.45) is 0.925. The first-order valence-corrected chi connectivity index (χ1v) is 6.54. The summed E-state index contributed by atoms with van der Waals surface area (Å²) in [5.74, 6) is -0.739. The third-order valence-electron chi connectivity index (χ3n) is 3.14. The van der Waals surface area contributed by atoms with Gasteiger partial charge in [-0.05, 0) is 43.3 Å². The summed E-state index contributed by atoms with van der Waals surface area (Å²) in [6, 6.07) is 10.7. The molecule has 1 atom stereocenters. The number of benzene rings is 2. The molecule has 0 saturated heterocycles. The Labute approximate surface area is 117 Å². The lowest BCUT2D eigenvalue weighted by Gasteiger charge is -2.15. The standard InChI is InChI=1S/C16H17F2NO/c1-3-15(19-2)11-5-4-6-13(9-11)20-16-10-12(17)7-8-14(16)18/h4-10,15,19H,3H2,1-2H3. The zero-order valence-corrected chi connectivity index (χ0v) is 11.5.